The van der Waals surface area contributed by atoms with Crippen molar-refractivity contribution in [2.75, 3.05) is 32.7 Å². The lowest BCUT2D eigenvalue weighted by Gasteiger charge is -2.34. The molecule has 0 saturated carbocycles. The fourth-order valence-electron chi connectivity index (χ4n) is 3.48. The number of fused-ring (bicyclic) bond motifs is 1. The summed E-state index contributed by atoms with van der Waals surface area (Å²) in [6.07, 6.45) is 2.77. The van der Waals surface area contributed by atoms with Crippen LogP contribution in [0.4, 0.5) is 4.79 Å². The summed E-state index contributed by atoms with van der Waals surface area (Å²) >= 11 is 1.80. The summed E-state index contributed by atoms with van der Waals surface area (Å²) in [4.78, 5) is 22.5. The Labute approximate surface area is 163 Å². The molecule has 0 atom stereocenters. The van der Waals surface area contributed by atoms with E-state index in [1.54, 1.807) is 11.3 Å². The van der Waals surface area contributed by atoms with Gasteiger partial charge in [-0.3, -0.25) is 4.90 Å². The predicted octanol–water partition coefficient (Wildman–Crippen LogP) is 3.02. The van der Waals surface area contributed by atoms with Gasteiger partial charge in [-0.1, -0.05) is 18.2 Å². The van der Waals surface area contributed by atoms with Gasteiger partial charge in [0.25, 0.3) is 0 Å². The van der Waals surface area contributed by atoms with Crippen LogP contribution in [0.25, 0.3) is 11.0 Å². The zero-order valence-electron chi connectivity index (χ0n) is 15.4. The van der Waals surface area contributed by atoms with E-state index < -0.39 is 0 Å². The molecule has 0 bridgehead atoms. The van der Waals surface area contributed by atoms with Crippen molar-refractivity contribution >= 4 is 28.4 Å². The summed E-state index contributed by atoms with van der Waals surface area (Å²) in [5.74, 6) is 0. The molecule has 4 rings (SSSR count). The fraction of sp³-hybridized carbons (Fsp3) is 0.400. The van der Waals surface area contributed by atoms with Crippen molar-refractivity contribution in [3.63, 3.8) is 0 Å². The molecule has 3 aromatic rings. The molecule has 0 unspecified atom stereocenters. The summed E-state index contributed by atoms with van der Waals surface area (Å²) in [5, 5.41) is 5.18. The van der Waals surface area contributed by atoms with Crippen LogP contribution in [0, 0.1) is 0 Å². The molecular weight excluding hydrogens is 358 g/mol. The number of aromatic nitrogens is 2. The summed E-state index contributed by atoms with van der Waals surface area (Å²) < 4.78 is 2.14. The van der Waals surface area contributed by atoms with Gasteiger partial charge in [0.2, 0.25) is 0 Å². The fourth-order valence-corrected chi connectivity index (χ4v) is 4.22. The molecule has 2 aromatic heterocycles. The summed E-state index contributed by atoms with van der Waals surface area (Å²) in [6, 6.07) is 12.5. The summed E-state index contributed by atoms with van der Waals surface area (Å²) in [6.45, 7) is 5.99. The monoisotopic (exact) mass is 383 g/mol. The number of hydrogen-bond donors (Lipinski definition) is 1. The molecule has 1 fully saturated rings. The topological polar surface area (TPSA) is 53.4 Å². The summed E-state index contributed by atoms with van der Waals surface area (Å²) in [7, 11) is 0. The Balaban J connectivity index is 1.17. The van der Waals surface area contributed by atoms with Crippen LogP contribution >= 0.6 is 11.3 Å². The summed E-state index contributed by atoms with van der Waals surface area (Å²) in [5.41, 5.74) is 2.16. The number of piperazine rings is 1. The normalized spacial score (nSPS) is 15.3. The van der Waals surface area contributed by atoms with Gasteiger partial charge in [-0.05, 0) is 30.0 Å². The van der Waals surface area contributed by atoms with Gasteiger partial charge in [0.15, 0.2) is 0 Å². The molecular formula is C20H25N5OS. The molecule has 1 N–H and O–H groups in total. The molecule has 0 radical (unpaired) electrons. The minimum Gasteiger partial charge on any atom is -0.338 e. The van der Waals surface area contributed by atoms with Gasteiger partial charge in [-0.25, -0.2) is 9.78 Å². The van der Waals surface area contributed by atoms with E-state index in [4.69, 9.17) is 0 Å². The Bertz CT molecular complexity index is 868. The van der Waals surface area contributed by atoms with Crippen LogP contribution in [0.5, 0.6) is 0 Å². The number of benzene rings is 1. The molecule has 3 heterocycles. The van der Waals surface area contributed by atoms with E-state index in [2.05, 4.69) is 43.3 Å². The van der Waals surface area contributed by atoms with Gasteiger partial charge in [-0.2, -0.15) is 0 Å². The molecule has 27 heavy (non-hydrogen) atoms. The highest BCUT2D eigenvalue weighted by molar-refractivity contribution is 7.09. The first kappa shape index (κ1) is 18.0. The van der Waals surface area contributed by atoms with Gasteiger partial charge < -0.3 is 14.8 Å². The molecule has 1 aromatic carbocycles. The van der Waals surface area contributed by atoms with Gasteiger partial charge >= 0.3 is 6.03 Å². The second-order valence-corrected chi connectivity index (χ2v) is 7.89. The number of hydrogen-bond acceptors (Lipinski definition) is 4. The molecule has 1 aliphatic rings. The van der Waals surface area contributed by atoms with Crippen LogP contribution in [0.3, 0.4) is 0 Å². The predicted molar refractivity (Wildman–Crippen MR) is 109 cm³/mol. The van der Waals surface area contributed by atoms with Crippen LogP contribution < -0.4 is 5.32 Å². The van der Waals surface area contributed by atoms with E-state index in [0.717, 1.165) is 56.7 Å². The third-order valence-corrected chi connectivity index (χ3v) is 5.86. The average Bonchev–Trinajstić information content (AvgIpc) is 3.36. The first-order valence-electron chi connectivity index (χ1n) is 9.47. The lowest BCUT2D eigenvalue weighted by atomic mass is 10.3. The van der Waals surface area contributed by atoms with Crippen molar-refractivity contribution in [2.24, 2.45) is 0 Å². The zero-order chi connectivity index (χ0) is 18.5. The Kier molecular flexibility index (Phi) is 5.69. The van der Waals surface area contributed by atoms with Gasteiger partial charge in [0.05, 0.1) is 17.4 Å². The lowest BCUT2D eigenvalue weighted by Crippen LogP contribution is -2.51. The minimum absolute atomic E-state index is 0.0567. The third-order valence-electron chi connectivity index (χ3n) is 5.00. The van der Waals surface area contributed by atoms with Crippen molar-refractivity contribution < 1.29 is 4.79 Å². The SMILES string of the molecule is O=C(NCCCn1cnc2ccccc21)N1CCN(Cc2cccs2)CC1. The molecule has 0 spiro atoms. The molecule has 2 amide bonds. The number of aryl methyl sites for hydroxylation is 1. The Hall–Kier alpha value is -2.38. The van der Waals surface area contributed by atoms with Crippen molar-refractivity contribution in [1.82, 2.24) is 24.7 Å². The molecule has 142 valence electrons. The van der Waals surface area contributed by atoms with Crippen LogP contribution in [0.15, 0.2) is 48.1 Å². The first-order valence-corrected chi connectivity index (χ1v) is 10.3. The highest BCUT2D eigenvalue weighted by atomic mass is 32.1. The number of carbonyl (C=O) groups excluding carboxylic acids is 1. The second-order valence-electron chi connectivity index (χ2n) is 6.85. The van der Waals surface area contributed by atoms with E-state index >= 15 is 0 Å². The molecule has 0 aliphatic carbocycles. The van der Waals surface area contributed by atoms with E-state index in [-0.39, 0.29) is 6.03 Å². The van der Waals surface area contributed by atoms with E-state index in [9.17, 15) is 4.79 Å². The third kappa shape index (κ3) is 4.48. The minimum atomic E-state index is 0.0567. The van der Waals surface area contributed by atoms with E-state index in [1.807, 2.05) is 29.4 Å². The molecule has 6 nitrogen and oxygen atoms in total. The Morgan fingerprint density at radius 2 is 1.96 bits per heavy atom. The van der Waals surface area contributed by atoms with Crippen LogP contribution in [0.2, 0.25) is 0 Å². The van der Waals surface area contributed by atoms with Crippen molar-refractivity contribution in [1.29, 1.82) is 0 Å². The maximum Gasteiger partial charge on any atom is 0.317 e. The van der Waals surface area contributed by atoms with Crippen molar-refractivity contribution in [3.8, 4) is 0 Å². The Morgan fingerprint density at radius 1 is 1.11 bits per heavy atom. The smallest absolute Gasteiger partial charge is 0.317 e. The number of urea groups is 1. The van der Waals surface area contributed by atoms with E-state index in [0.29, 0.717) is 6.54 Å². The van der Waals surface area contributed by atoms with Gasteiger partial charge in [0, 0.05) is 50.7 Å². The standard InChI is InChI=1S/C20H25N5OS/c26-20(24-12-10-23(11-13-24)15-17-5-3-14-27-17)21-8-4-9-25-16-22-18-6-1-2-7-19(18)25/h1-3,5-7,14,16H,4,8-13,15H2,(H,21,26). The van der Waals surface area contributed by atoms with E-state index in [1.165, 1.54) is 4.88 Å². The highest BCUT2D eigenvalue weighted by Gasteiger charge is 2.20. The van der Waals surface area contributed by atoms with Crippen LogP contribution in [-0.2, 0) is 13.1 Å². The number of rotatable bonds is 6. The second kappa shape index (κ2) is 8.54. The van der Waals surface area contributed by atoms with Gasteiger partial charge in [0.1, 0.15) is 0 Å². The maximum absolute atomic E-state index is 12.4. The Morgan fingerprint density at radius 3 is 2.78 bits per heavy atom. The van der Waals surface area contributed by atoms with Gasteiger partial charge in [-0.15, -0.1) is 11.3 Å². The quantitative estimate of drug-likeness (QED) is 0.666. The average molecular weight is 384 g/mol. The number of imidazole rings is 1. The first-order chi connectivity index (χ1) is 13.3. The molecule has 1 saturated heterocycles. The van der Waals surface area contributed by atoms with Crippen molar-refractivity contribution in [2.45, 2.75) is 19.5 Å². The van der Waals surface area contributed by atoms with Crippen molar-refractivity contribution in [3.05, 3.63) is 53.0 Å². The molecule has 1 aliphatic heterocycles. The molecule has 7 heteroatoms. The number of amides is 2. The number of thiophene rings is 1. The zero-order valence-corrected chi connectivity index (χ0v) is 16.2. The maximum atomic E-state index is 12.4. The lowest BCUT2D eigenvalue weighted by molar-refractivity contribution is 0.136. The van der Waals surface area contributed by atoms with Crippen LogP contribution in [0.1, 0.15) is 11.3 Å². The number of nitrogens with zero attached hydrogens (tertiary/aromatic N) is 4. The number of nitrogens with one attached hydrogen (secondary N) is 1. The largest absolute Gasteiger partial charge is 0.338 e. The number of para-hydroxylation sites is 2. The highest BCUT2D eigenvalue weighted by Crippen LogP contribution is 2.14. The van der Waals surface area contributed by atoms with Crippen LogP contribution in [-0.4, -0.2) is 58.1 Å². The number of carbonyl (C=O) groups is 1.